The van der Waals surface area contributed by atoms with Gasteiger partial charge in [-0.2, -0.15) is 5.48 Å². The molecule has 0 saturated heterocycles. The summed E-state index contributed by atoms with van der Waals surface area (Å²) in [6.45, 7) is 0. The predicted molar refractivity (Wildman–Crippen MR) is 56.4 cm³/mol. The van der Waals surface area contributed by atoms with E-state index >= 15 is 0 Å². The van der Waals surface area contributed by atoms with Gasteiger partial charge in [-0.25, -0.2) is 4.84 Å². The maximum absolute atomic E-state index is 11.5. The Morgan fingerprint density at radius 3 is 3.00 bits per heavy atom. The molecule has 0 atom stereocenters. The summed E-state index contributed by atoms with van der Waals surface area (Å²) in [5, 5.41) is 2.89. The molecule has 0 radical (unpaired) electrons. The third kappa shape index (κ3) is 2.78. The van der Waals surface area contributed by atoms with Gasteiger partial charge in [0.25, 0.3) is 0 Å². The average molecular weight is 207 g/mol. The highest BCUT2D eigenvalue weighted by Crippen LogP contribution is 2.30. The van der Waals surface area contributed by atoms with Crippen molar-refractivity contribution in [1.29, 1.82) is 0 Å². The van der Waals surface area contributed by atoms with Gasteiger partial charge in [-0.05, 0) is 18.9 Å². The number of carbonyl (C=O) groups excluding carboxylic acids is 1. The summed E-state index contributed by atoms with van der Waals surface area (Å²) < 4.78 is 0. The number of benzene rings is 1. The van der Waals surface area contributed by atoms with Crippen molar-refractivity contribution in [3.63, 3.8) is 0 Å². The molecule has 1 aromatic rings. The van der Waals surface area contributed by atoms with Crippen molar-refractivity contribution >= 4 is 17.3 Å². The molecular formula is C11H15N2O2+. The number of quaternary nitrogens is 1. The van der Waals surface area contributed by atoms with E-state index in [0.29, 0.717) is 0 Å². The zero-order valence-electron chi connectivity index (χ0n) is 8.69. The second kappa shape index (κ2) is 4.42. The van der Waals surface area contributed by atoms with Gasteiger partial charge < -0.3 is 5.32 Å². The summed E-state index contributed by atoms with van der Waals surface area (Å²) in [5.74, 6) is 0.365. The van der Waals surface area contributed by atoms with E-state index in [1.54, 1.807) is 12.6 Å². The number of nitrogens with one attached hydrogen (secondary N) is 1. The standard InChI is InChI=1S/C11H14N2O2/c1-15-13-10-4-2-3-9(7-10)12-11(14)8-5-6-8/h2-4,7-8,13H,5-6H2,1H3,(H,12,14)/p+1. The first-order chi connectivity index (χ1) is 7.29. The largest absolute Gasteiger partial charge is 0.326 e. The monoisotopic (exact) mass is 207 g/mol. The van der Waals surface area contributed by atoms with E-state index in [4.69, 9.17) is 4.84 Å². The van der Waals surface area contributed by atoms with Crippen LogP contribution >= 0.6 is 0 Å². The highest BCUT2D eigenvalue weighted by Gasteiger charge is 2.29. The molecule has 0 aliphatic heterocycles. The topological polar surface area (TPSA) is 54.9 Å². The fourth-order valence-corrected chi connectivity index (χ4v) is 1.42. The van der Waals surface area contributed by atoms with Crippen LogP contribution in [0.1, 0.15) is 12.8 Å². The number of carbonyl (C=O) groups is 1. The Hall–Kier alpha value is -1.39. The van der Waals surface area contributed by atoms with E-state index in [9.17, 15) is 4.79 Å². The number of rotatable bonds is 4. The van der Waals surface area contributed by atoms with Gasteiger partial charge in [-0.15, -0.1) is 0 Å². The molecule has 0 heterocycles. The third-order valence-electron chi connectivity index (χ3n) is 2.36. The molecule has 1 aliphatic carbocycles. The molecule has 0 unspecified atom stereocenters. The third-order valence-corrected chi connectivity index (χ3v) is 2.36. The molecule has 15 heavy (non-hydrogen) atoms. The van der Waals surface area contributed by atoms with Crippen molar-refractivity contribution in [1.82, 2.24) is 0 Å². The highest BCUT2D eigenvalue weighted by atomic mass is 16.6. The molecule has 0 spiro atoms. The second-order valence-corrected chi connectivity index (χ2v) is 3.74. The molecule has 4 heteroatoms. The van der Waals surface area contributed by atoms with Crippen LogP contribution < -0.4 is 10.8 Å². The second-order valence-electron chi connectivity index (χ2n) is 3.74. The van der Waals surface area contributed by atoms with Gasteiger partial charge in [0.1, 0.15) is 0 Å². The molecular weight excluding hydrogens is 192 g/mol. The Bertz CT molecular complexity index is 361. The Morgan fingerprint density at radius 2 is 2.33 bits per heavy atom. The smallest absolute Gasteiger partial charge is 0.227 e. The van der Waals surface area contributed by atoms with E-state index in [0.717, 1.165) is 24.2 Å². The van der Waals surface area contributed by atoms with Gasteiger partial charge in [-0.1, -0.05) is 6.07 Å². The summed E-state index contributed by atoms with van der Waals surface area (Å²) in [5.41, 5.74) is 3.43. The van der Waals surface area contributed by atoms with Crippen LogP contribution in [0.15, 0.2) is 24.3 Å². The van der Waals surface area contributed by atoms with Crippen molar-refractivity contribution in [2.45, 2.75) is 12.8 Å². The summed E-state index contributed by atoms with van der Waals surface area (Å²) >= 11 is 0. The number of nitrogens with two attached hydrogens (primary N) is 1. The van der Waals surface area contributed by atoms with E-state index in [1.807, 2.05) is 24.3 Å². The van der Waals surface area contributed by atoms with E-state index in [2.05, 4.69) is 5.32 Å². The molecule has 1 saturated carbocycles. The summed E-state index contributed by atoms with van der Waals surface area (Å²) in [6, 6.07) is 7.60. The zero-order valence-corrected chi connectivity index (χ0v) is 8.69. The van der Waals surface area contributed by atoms with Crippen molar-refractivity contribution in [3.8, 4) is 0 Å². The van der Waals surface area contributed by atoms with E-state index in [1.165, 1.54) is 0 Å². The molecule has 1 aliphatic rings. The normalized spacial score (nSPS) is 15.0. The quantitative estimate of drug-likeness (QED) is 0.566. The van der Waals surface area contributed by atoms with Gasteiger partial charge in [0.15, 0.2) is 5.69 Å². The molecule has 0 aromatic heterocycles. The molecule has 2 rings (SSSR count). The van der Waals surface area contributed by atoms with Crippen LogP contribution in [-0.2, 0) is 9.63 Å². The van der Waals surface area contributed by atoms with Gasteiger partial charge >= 0.3 is 0 Å². The minimum atomic E-state index is 0.129. The maximum atomic E-state index is 11.5. The van der Waals surface area contributed by atoms with Crippen LogP contribution in [0, 0.1) is 5.92 Å². The van der Waals surface area contributed by atoms with Crippen LogP contribution in [-0.4, -0.2) is 13.0 Å². The number of anilines is 1. The molecule has 3 N–H and O–H groups in total. The van der Waals surface area contributed by atoms with Gasteiger partial charge in [0.2, 0.25) is 5.91 Å². The first kappa shape index (κ1) is 10.1. The van der Waals surface area contributed by atoms with Crippen LogP contribution in [0.2, 0.25) is 0 Å². The Labute approximate surface area is 88.6 Å². The predicted octanol–water partition coefficient (Wildman–Crippen LogP) is 0.791. The number of hydrogen-bond acceptors (Lipinski definition) is 2. The zero-order chi connectivity index (χ0) is 10.7. The van der Waals surface area contributed by atoms with Gasteiger partial charge in [0.05, 0.1) is 7.11 Å². The van der Waals surface area contributed by atoms with Crippen molar-refractivity contribution in [2.75, 3.05) is 12.4 Å². The van der Waals surface area contributed by atoms with E-state index in [-0.39, 0.29) is 11.8 Å². The lowest BCUT2D eigenvalue weighted by molar-refractivity contribution is -0.830. The number of amides is 1. The SMILES string of the molecule is CO[NH2+]c1cccc(NC(=O)C2CC2)c1. The Kier molecular flexibility index (Phi) is 2.99. The minimum Gasteiger partial charge on any atom is -0.326 e. The molecule has 1 amide bonds. The average Bonchev–Trinajstić information content (AvgIpc) is 3.01. The van der Waals surface area contributed by atoms with Gasteiger partial charge in [0, 0.05) is 23.7 Å². The van der Waals surface area contributed by atoms with Crippen LogP contribution in [0.3, 0.4) is 0 Å². The minimum absolute atomic E-state index is 0.129. The first-order valence-electron chi connectivity index (χ1n) is 5.06. The Morgan fingerprint density at radius 1 is 1.53 bits per heavy atom. The molecule has 0 bridgehead atoms. The lowest BCUT2D eigenvalue weighted by Crippen LogP contribution is -2.75. The van der Waals surface area contributed by atoms with Crippen molar-refractivity contribution < 1.29 is 15.1 Å². The van der Waals surface area contributed by atoms with Crippen LogP contribution in [0.4, 0.5) is 11.4 Å². The molecule has 1 aromatic carbocycles. The summed E-state index contributed by atoms with van der Waals surface area (Å²) in [7, 11) is 1.61. The highest BCUT2D eigenvalue weighted by molar-refractivity contribution is 5.94. The van der Waals surface area contributed by atoms with Crippen LogP contribution in [0.5, 0.6) is 0 Å². The lowest BCUT2D eigenvalue weighted by atomic mass is 10.2. The summed E-state index contributed by atoms with van der Waals surface area (Å²) in [6.07, 6.45) is 2.05. The molecule has 4 nitrogen and oxygen atoms in total. The Balaban J connectivity index is 2.00. The number of hydrogen-bond donors (Lipinski definition) is 2. The van der Waals surface area contributed by atoms with E-state index < -0.39 is 0 Å². The fraction of sp³-hybridized carbons (Fsp3) is 0.364. The molecule has 1 fully saturated rings. The summed E-state index contributed by atoms with van der Waals surface area (Å²) in [4.78, 5) is 16.4. The maximum Gasteiger partial charge on any atom is 0.227 e. The molecule has 80 valence electrons. The lowest BCUT2D eigenvalue weighted by Gasteiger charge is -2.04. The fourth-order valence-electron chi connectivity index (χ4n) is 1.42. The van der Waals surface area contributed by atoms with Gasteiger partial charge in [-0.3, -0.25) is 4.79 Å². The van der Waals surface area contributed by atoms with Crippen molar-refractivity contribution in [3.05, 3.63) is 24.3 Å². The first-order valence-corrected chi connectivity index (χ1v) is 5.06. The van der Waals surface area contributed by atoms with Crippen LogP contribution in [0.25, 0.3) is 0 Å². The van der Waals surface area contributed by atoms with Crippen molar-refractivity contribution in [2.24, 2.45) is 5.92 Å².